The molecular weight excluding hydrogens is 170 g/mol. The van der Waals surface area contributed by atoms with Gasteiger partial charge in [-0.25, -0.2) is 0 Å². The van der Waals surface area contributed by atoms with E-state index in [2.05, 4.69) is 42.6 Å². The van der Waals surface area contributed by atoms with Crippen LogP contribution in [0.25, 0.3) is 0 Å². The van der Waals surface area contributed by atoms with Crippen molar-refractivity contribution < 1.29 is 0 Å². The van der Waals surface area contributed by atoms with Crippen molar-refractivity contribution in [3.05, 3.63) is 35.9 Å². The first kappa shape index (κ1) is 13.2. The highest BCUT2D eigenvalue weighted by Crippen LogP contribution is 2.00. The Bertz CT molecular complexity index is 194. The molecule has 80 valence electrons. The number of aryl methyl sites for hydroxylation is 1. The molecule has 0 unspecified atom stereocenters. The molecule has 1 heteroatoms. The highest BCUT2D eigenvalue weighted by atomic mass is 14.8. The molecular formula is C13H23N. The third-order valence-electron chi connectivity index (χ3n) is 1.91. The molecule has 0 aliphatic rings. The van der Waals surface area contributed by atoms with Crippen molar-refractivity contribution in [1.29, 1.82) is 0 Å². The Kier molecular flexibility index (Phi) is 9.66. The summed E-state index contributed by atoms with van der Waals surface area (Å²) in [4.78, 5) is 0. The maximum absolute atomic E-state index is 3.32. The lowest BCUT2D eigenvalue weighted by Crippen LogP contribution is -2.14. The lowest BCUT2D eigenvalue weighted by molar-refractivity contribution is 0.672. The minimum atomic E-state index is 1.08. The number of nitrogens with one attached hydrogen (secondary N) is 1. The van der Waals surface area contributed by atoms with Gasteiger partial charge in [-0.1, -0.05) is 51.1 Å². The summed E-state index contributed by atoms with van der Waals surface area (Å²) in [7, 11) is 0. The zero-order chi connectivity index (χ0) is 10.6. The van der Waals surface area contributed by atoms with E-state index in [1.807, 2.05) is 13.8 Å². The highest BCUT2D eigenvalue weighted by Gasteiger charge is 1.89. The maximum atomic E-state index is 3.32. The lowest BCUT2D eigenvalue weighted by Gasteiger charge is -2.01. The average Bonchev–Trinajstić information content (AvgIpc) is 2.29. The van der Waals surface area contributed by atoms with Crippen LogP contribution in [0.3, 0.4) is 0 Å². The monoisotopic (exact) mass is 193 g/mol. The van der Waals surface area contributed by atoms with Gasteiger partial charge >= 0.3 is 0 Å². The molecule has 0 bridgehead atoms. The second kappa shape index (κ2) is 10.3. The van der Waals surface area contributed by atoms with Crippen molar-refractivity contribution in [1.82, 2.24) is 5.32 Å². The molecule has 0 saturated carbocycles. The van der Waals surface area contributed by atoms with Gasteiger partial charge in [-0.15, -0.1) is 0 Å². The van der Waals surface area contributed by atoms with Crippen LogP contribution in [0, 0.1) is 0 Å². The standard InChI is InChI=1S/C11H17N.C2H6/c1-2-12-10-6-9-11-7-4-3-5-8-11;1-2/h3-5,7-8,12H,2,6,9-10H2,1H3;1-2H3. The summed E-state index contributed by atoms with van der Waals surface area (Å²) in [6, 6.07) is 10.6. The lowest BCUT2D eigenvalue weighted by atomic mass is 10.1. The van der Waals surface area contributed by atoms with E-state index >= 15 is 0 Å². The van der Waals surface area contributed by atoms with Gasteiger partial charge in [0.05, 0.1) is 0 Å². The Morgan fingerprint density at radius 2 is 1.71 bits per heavy atom. The number of hydrogen-bond donors (Lipinski definition) is 1. The first-order chi connectivity index (χ1) is 6.93. The Balaban J connectivity index is 0.000000791. The number of hydrogen-bond acceptors (Lipinski definition) is 1. The van der Waals surface area contributed by atoms with Crippen LogP contribution in [-0.4, -0.2) is 13.1 Å². The third-order valence-corrected chi connectivity index (χ3v) is 1.91. The van der Waals surface area contributed by atoms with Crippen LogP contribution in [0.2, 0.25) is 0 Å². The fourth-order valence-corrected chi connectivity index (χ4v) is 1.24. The van der Waals surface area contributed by atoms with E-state index in [0.29, 0.717) is 0 Å². The molecule has 0 radical (unpaired) electrons. The van der Waals surface area contributed by atoms with Crippen molar-refractivity contribution in [3.8, 4) is 0 Å². The van der Waals surface area contributed by atoms with Crippen LogP contribution in [0.15, 0.2) is 30.3 Å². The van der Waals surface area contributed by atoms with E-state index in [-0.39, 0.29) is 0 Å². The summed E-state index contributed by atoms with van der Waals surface area (Å²) in [5, 5.41) is 3.32. The average molecular weight is 193 g/mol. The summed E-state index contributed by atoms with van der Waals surface area (Å²) in [6.45, 7) is 8.35. The summed E-state index contributed by atoms with van der Waals surface area (Å²) in [5.74, 6) is 0. The van der Waals surface area contributed by atoms with Gasteiger partial charge in [-0.3, -0.25) is 0 Å². The minimum absolute atomic E-state index is 1.08. The topological polar surface area (TPSA) is 12.0 Å². The van der Waals surface area contributed by atoms with Crippen LogP contribution in [0.1, 0.15) is 32.8 Å². The zero-order valence-corrected chi connectivity index (χ0v) is 9.72. The molecule has 1 rings (SSSR count). The van der Waals surface area contributed by atoms with Crippen LogP contribution in [0.4, 0.5) is 0 Å². The van der Waals surface area contributed by atoms with Crippen LogP contribution >= 0.6 is 0 Å². The Hall–Kier alpha value is -0.820. The van der Waals surface area contributed by atoms with Crippen molar-refractivity contribution >= 4 is 0 Å². The van der Waals surface area contributed by atoms with Crippen molar-refractivity contribution in [3.63, 3.8) is 0 Å². The smallest absolute Gasteiger partial charge is 0.00459 e. The fraction of sp³-hybridized carbons (Fsp3) is 0.538. The van der Waals surface area contributed by atoms with Crippen LogP contribution < -0.4 is 5.32 Å². The molecule has 1 aromatic carbocycles. The van der Waals surface area contributed by atoms with Gasteiger partial charge in [0.2, 0.25) is 0 Å². The van der Waals surface area contributed by atoms with Gasteiger partial charge in [0, 0.05) is 0 Å². The van der Waals surface area contributed by atoms with E-state index in [1.165, 1.54) is 18.4 Å². The van der Waals surface area contributed by atoms with Gasteiger partial charge in [-0.05, 0) is 31.5 Å². The predicted molar refractivity (Wildman–Crippen MR) is 64.7 cm³/mol. The van der Waals surface area contributed by atoms with E-state index in [1.54, 1.807) is 0 Å². The molecule has 0 fully saturated rings. The van der Waals surface area contributed by atoms with Gasteiger partial charge < -0.3 is 5.32 Å². The maximum Gasteiger partial charge on any atom is -0.00459 e. The Labute approximate surface area is 88.5 Å². The third kappa shape index (κ3) is 6.67. The first-order valence-corrected chi connectivity index (χ1v) is 5.68. The molecule has 1 aromatic rings. The molecule has 0 aliphatic carbocycles. The number of rotatable bonds is 5. The van der Waals surface area contributed by atoms with Gasteiger partial charge in [0.1, 0.15) is 0 Å². The molecule has 0 saturated heterocycles. The van der Waals surface area contributed by atoms with Crippen LogP contribution in [0.5, 0.6) is 0 Å². The Morgan fingerprint density at radius 3 is 2.29 bits per heavy atom. The molecule has 0 heterocycles. The second-order valence-electron chi connectivity index (χ2n) is 2.94. The normalized spacial score (nSPS) is 9.07. The highest BCUT2D eigenvalue weighted by molar-refractivity contribution is 5.14. The van der Waals surface area contributed by atoms with E-state index < -0.39 is 0 Å². The van der Waals surface area contributed by atoms with E-state index in [0.717, 1.165) is 13.1 Å². The van der Waals surface area contributed by atoms with Gasteiger partial charge in [0.25, 0.3) is 0 Å². The summed E-state index contributed by atoms with van der Waals surface area (Å²) < 4.78 is 0. The number of benzene rings is 1. The SMILES string of the molecule is CC.CCNCCCc1ccccc1. The summed E-state index contributed by atoms with van der Waals surface area (Å²) in [6.07, 6.45) is 2.42. The Morgan fingerprint density at radius 1 is 1.07 bits per heavy atom. The van der Waals surface area contributed by atoms with Crippen molar-refractivity contribution in [2.24, 2.45) is 0 Å². The molecule has 0 spiro atoms. The molecule has 0 amide bonds. The van der Waals surface area contributed by atoms with Crippen molar-refractivity contribution in [2.75, 3.05) is 13.1 Å². The molecule has 0 aromatic heterocycles. The summed E-state index contributed by atoms with van der Waals surface area (Å²) in [5.41, 5.74) is 1.44. The van der Waals surface area contributed by atoms with E-state index in [9.17, 15) is 0 Å². The first-order valence-electron chi connectivity index (χ1n) is 5.68. The summed E-state index contributed by atoms with van der Waals surface area (Å²) >= 11 is 0. The zero-order valence-electron chi connectivity index (χ0n) is 9.72. The van der Waals surface area contributed by atoms with Crippen molar-refractivity contribution in [2.45, 2.75) is 33.6 Å². The minimum Gasteiger partial charge on any atom is -0.317 e. The van der Waals surface area contributed by atoms with E-state index in [4.69, 9.17) is 0 Å². The van der Waals surface area contributed by atoms with Gasteiger partial charge in [0.15, 0.2) is 0 Å². The largest absolute Gasteiger partial charge is 0.317 e. The second-order valence-corrected chi connectivity index (χ2v) is 2.94. The fourth-order valence-electron chi connectivity index (χ4n) is 1.24. The van der Waals surface area contributed by atoms with Crippen LogP contribution in [-0.2, 0) is 6.42 Å². The molecule has 0 aliphatic heterocycles. The molecule has 1 nitrogen and oxygen atoms in total. The molecule has 14 heavy (non-hydrogen) atoms. The predicted octanol–water partition coefficient (Wildman–Crippen LogP) is 3.25. The molecule has 1 N–H and O–H groups in total. The quantitative estimate of drug-likeness (QED) is 0.708. The molecule has 0 atom stereocenters. The van der Waals surface area contributed by atoms with Gasteiger partial charge in [-0.2, -0.15) is 0 Å².